The van der Waals surface area contributed by atoms with Crippen LogP contribution in [0.5, 0.6) is 5.75 Å². The van der Waals surface area contributed by atoms with E-state index in [1.807, 2.05) is 32.2 Å². The first kappa shape index (κ1) is 23.6. The van der Waals surface area contributed by atoms with Gasteiger partial charge in [-0.3, -0.25) is 9.79 Å². The molecule has 5 rings (SSSR count). The molecule has 10 heteroatoms. The van der Waals surface area contributed by atoms with Gasteiger partial charge in [-0.2, -0.15) is 0 Å². The summed E-state index contributed by atoms with van der Waals surface area (Å²) in [6.07, 6.45) is 2.67. The molecule has 0 spiro atoms. The Hall–Kier alpha value is -3.14. The topological polar surface area (TPSA) is 79.7 Å². The third-order valence-corrected chi connectivity index (χ3v) is 7.49. The number of nitrogens with one attached hydrogen (secondary N) is 1. The zero-order valence-electron chi connectivity index (χ0n) is 19.8. The number of halogens is 2. The summed E-state index contributed by atoms with van der Waals surface area (Å²) >= 11 is 1.54. The fourth-order valence-electron chi connectivity index (χ4n) is 4.74. The number of anilines is 2. The summed E-state index contributed by atoms with van der Waals surface area (Å²) in [6.45, 7) is 4.08. The summed E-state index contributed by atoms with van der Waals surface area (Å²) in [7, 11) is 1.45. The molecule has 0 fully saturated rings. The van der Waals surface area contributed by atoms with Gasteiger partial charge in [0.25, 0.3) is 6.43 Å². The summed E-state index contributed by atoms with van der Waals surface area (Å²) in [5, 5.41) is 4.42. The highest BCUT2D eigenvalue weighted by atomic mass is 32.1. The van der Waals surface area contributed by atoms with Crippen LogP contribution in [0.2, 0.25) is 0 Å². The predicted molar refractivity (Wildman–Crippen MR) is 133 cm³/mol. The van der Waals surface area contributed by atoms with Crippen molar-refractivity contribution >= 4 is 45.2 Å². The molecule has 0 radical (unpaired) electrons. The second-order valence-corrected chi connectivity index (χ2v) is 10.3. The molecule has 1 aliphatic carbocycles. The van der Waals surface area contributed by atoms with Crippen LogP contribution in [-0.4, -0.2) is 53.1 Å². The number of hydrogen-bond acceptors (Lipinski definition) is 7. The Morgan fingerprint density at radius 2 is 2.14 bits per heavy atom. The largest absolute Gasteiger partial charge is 0.489 e. The molecule has 1 unspecified atom stereocenters. The van der Waals surface area contributed by atoms with E-state index in [1.165, 1.54) is 13.4 Å². The number of amides is 1. The first-order chi connectivity index (χ1) is 16.8. The third-order valence-electron chi connectivity index (χ3n) is 6.33. The van der Waals surface area contributed by atoms with E-state index in [2.05, 4.69) is 20.3 Å². The molecule has 2 aliphatic rings. The number of nitrogens with zero attached hydrogens (tertiary/aromatic N) is 4. The number of carbonyl (C=O) groups is 1. The Kier molecular flexibility index (Phi) is 6.39. The number of thiophene rings is 1. The van der Waals surface area contributed by atoms with Crippen LogP contribution in [0.3, 0.4) is 0 Å². The van der Waals surface area contributed by atoms with Crippen LogP contribution >= 0.6 is 11.3 Å². The van der Waals surface area contributed by atoms with Crippen LogP contribution in [0.15, 0.2) is 23.5 Å². The summed E-state index contributed by atoms with van der Waals surface area (Å²) in [6, 6.07) is 4.06. The molecule has 3 heterocycles. The van der Waals surface area contributed by atoms with E-state index in [9.17, 15) is 13.6 Å². The average molecular weight is 500 g/mol. The summed E-state index contributed by atoms with van der Waals surface area (Å²) < 4.78 is 31.6. The summed E-state index contributed by atoms with van der Waals surface area (Å²) in [4.78, 5) is 29.2. The summed E-state index contributed by atoms with van der Waals surface area (Å²) in [5.41, 5.74) is 4.11. The van der Waals surface area contributed by atoms with E-state index in [4.69, 9.17) is 4.74 Å². The van der Waals surface area contributed by atoms with E-state index in [-0.39, 0.29) is 17.9 Å². The number of aliphatic imine (C=N–C) groups is 1. The van der Waals surface area contributed by atoms with E-state index < -0.39 is 13.0 Å². The van der Waals surface area contributed by atoms with Crippen molar-refractivity contribution in [2.45, 2.75) is 52.2 Å². The second kappa shape index (κ2) is 9.49. The first-order valence-corrected chi connectivity index (χ1v) is 12.5. The number of rotatable bonds is 7. The molecule has 1 N–H and O–H groups in total. The fourth-order valence-corrected chi connectivity index (χ4v) is 6.01. The number of hydrogen-bond donors (Lipinski definition) is 1. The maximum atomic E-state index is 12.8. The quantitative estimate of drug-likeness (QED) is 0.496. The van der Waals surface area contributed by atoms with Gasteiger partial charge < -0.3 is 15.0 Å². The number of aryl methyl sites for hydroxylation is 1. The van der Waals surface area contributed by atoms with Crippen molar-refractivity contribution in [1.82, 2.24) is 14.9 Å². The summed E-state index contributed by atoms with van der Waals surface area (Å²) in [5.74, 6) is 0.905. The van der Waals surface area contributed by atoms with Gasteiger partial charge in [0.05, 0.1) is 30.3 Å². The molecule has 184 valence electrons. The third kappa shape index (κ3) is 4.71. The maximum absolute atomic E-state index is 12.8. The van der Waals surface area contributed by atoms with Gasteiger partial charge in [-0.15, -0.1) is 11.3 Å². The van der Waals surface area contributed by atoms with Gasteiger partial charge in [-0.1, -0.05) is 0 Å². The predicted octanol–water partition coefficient (Wildman–Crippen LogP) is 4.98. The molecule has 2 aromatic heterocycles. The lowest BCUT2D eigenvalue weighted by Crippen LogP contribution is -2.38. The molecule has 1 amide bonds. The van der Waals surface area contributed by atoms with E-state index in [0.717, 1.165) is 48.1 Å². The molecule has 1 aliphatic heterocycles. The Balaban J connectivity index is 1.46. The van der Waals surface area contributed by atoms with Crippen LogP contribution < -0.4 is 10.1 Å². The van der Waals surface area contributed by atoms with E-state index >= 15 is 0 Å². The second-order valence-electron chi connectivity index (χ2n) is 9.26. The number of benzene rings is 1. The Morgan fingerprint density at radius 1 is 1.31 bits per heavy atom. The lowest BCUT2D eigenvalue weighted by Gasteiger charge is -2.26. The van der Waals surface area contributed by atoms with Crippen LogP contribution in [0.4, 0.5) is 20.3 Å². The lowest BCUT2D eigenvalue weighted by molar-refractivity contribution is -0.136. The smallest absolute Gasteiger partial charge is 0.255 e. The van der Waals surface area contributed by atoms with Crippen molar-refractivity contribution in [3.63, 3.8) is 0 Å². The van der Waals surface area contributed by atoms with E-state index in [0.29, 0.717) is 31.6 Å². The SMILES string of the molecule is CC(C)Oc1cc2c(cc1Nc1ncnc3sc4c(c13)CCC(C(=O)N(C)CC(F)F)C4)C=NC2. The first-order valence-electron chi connectivity index (χ1n) is 11.7. The van der Waals surface area contributed by atoms with Gasteiger partial charge in [0, 0.05) is 24.1 Å². The Labute approximate surface area is 206 Å². The molecule has 35 heavy (non-hydrogen) atoms. The highest BCUT2D eigenvalue weighted by molar-refractivity contribution is 7.19. The van der Waals surface area contributed by atoms with Crippen LogP contribution in [0.1, 0.15) is 41.8 Å². The standard InChI is InChI=1S/C25H27F2N5O2S/c1-13(2)34-19-7-16-10-28-9-15(16)6-18(19)31-23-22-17-5-4-14(25(33)32(3)11-21(26)27)8-20(17)35-24(22)30-12-29-23/h6-7,9,12-14,21H,4-5,8,10-11H2,1-3H3,(H,29,30,31). The minimum absolute atomic E-state index is 0.00733. The van der Waals surface area contributed by atoms with Gasteiger partial charge in [0.2, 0.25) is 5.91 Å². The molecule has 1 aromatic carbocycles. The number of ether oxygens (including phenoxy) is 1. The van der Waals surface area contributed by atoms with Crippen molar-refractivity contribution in [2.24, 2.45) is 10.9 Å². The minimum atomic E-state index is -2.54. The number of fused-ring (bicyclic) bond motifs is 4. The zero-order valence-corrected chi connectivity index (χ0v) is 20.7. The molecule has 0 saturated heterocycles. The van der Waals surface area contributed by atoms with Gasteiger partial charge in [-0.25, -0.2) is 18.7 Å². The molecular formula is C25H27F2N5O2S. The minimum Gasteiger partial charge on any atom is -0.489 e. The van der Waals surface area contributed by atoms with Gasteiger partial charge in [0.15, 0.2) is 0 Å². The fraction of sp³-hybridized carbons (Fsp3) is 0.440. The molecule has 1 atom stereocenters. The van der Waals surface area contributed by atoms with E-state index in [1.54, 1.807) is 11.3 Å². The lowest BCUT2D eigenvalue weighted by atomic mass is 9.87. The maximum Gasteiger partial charge on any atom is 0.255 e. The van der Waals surface area contributed by atoms with Gasteiger partial charge >= 0.3 is 0 Å². The Morgan fingerprint density at radius 3 is 2.91 bits per heavy atom. The van der Waals surface area contributed by atoms with Crippen LogP contribution in [0, 0.1) is 5.92 Å². The van der Waals surface area contributed by atoms with Crippen LogP contribution in [-0.2, 0) is 24.2 Å². The van der Waals surface area contributed by atoms with Crippen LogP contribution in [0.25, 0.3) is 10.2 Å². The number of carbonyl (C=O) groups excluding carboxylic acids is 1. The van der Waals surface area contributed by atoms with Crippen molar-refractivity contribution in [1.29, 1.82) is 0 Å². The van der Waals surface area contributed by atoms with Crippen molar-refractivity contribution < 1.29 is 18.3 Å². The normalized spacial score (nSPS) is 16.6. The highest BCUT2D eigenvalue weighted by Gasteiger charge is 2.31. The number of alkyl halides is 2. The van der Waals surface area contributed by atoms with Crippen molar-refractivity contribution in [3.8, 4) is 5.75 Å². The number of aromatic nitrogens is 2. The average Bonchev–Trinajstić information content (AvgIpc) is 3.41. The molecule has 3 aromatic rings. The molecular weight excluding hydrogens is 472 g/mol. The molecule has 0 bridgehead atoms. The van der Waals surface area contributed by atoms with Crippen molar-refractivity contribution in [2.75, 3.05) is 18.9 Å². The van der Waals surface area contributed by atoms with Gasteiger partial charge in [-0.05, 0) is 61.9 Å². The molecule has 0 saturated carbocycles. The monoisotopic (exact) mass is 499 g/mol. The highest BCUT2D eigenvalue weighted by Crippen LogP contribution is 2.42. The zero-order chi connectivity index (χ0) is 24.7. The van der Waals surface area contributed by atoms with Gasteiger partial charge in [0.1, 0.15) is 22.7 Å². The Bertz CT molecular complexity index is 1310. The van der Waals surface area contributed by atoms with Crippen molar-refractivity contribution in [3.05, 3.63) is 40.0 Å². The molecule has 7 nitrogen and oxygen atoms in total.